The second-order valence-electron chi connectivity index (χ2n) is 4.58. The molecule has 2 rings (SSSR count). The average molecular weight is 301 g/mol. The molecule has 0 aliphatic heterocycles. The van der Waals surface area contributed by atoms with E-state index in [0.717, 1.165) is 18.6 Å². The first kappa shape index (κ1) is 15.3. The zero-order chi connectivity index (χ0) is 15.6. The number of hydrogen-bond acceptors (Lipinski definition) is 5. The summed E-state index contributed by atoms with van der Waals surface area (Å²) >= 11 is 0. The van der Waals surface area contributed by atoms with Crippen LogP contribution in [0.5, 0.6) is 5.75 Å². The lowest BCUT2D eigenvalue weighted by Gasteiger charge is -2.09. The quantitative estimate of drug-likeness (QED) is 0.905. The second-order valence-corrected chi connectivity index (χ2v) is 4.58. The Balaban J connectivity index is 2.35. The summed E-state index contributed by atoms with van der Waals surface area (Å²) in [5, 5.41) is 12.9. The number of nitrogens with two attached hydrogens (primary N) is 1. The highest BCUT2D eigenvalue weighted by molar-refractivity contribution is 5.58. The minimum Gasteiger partial charge on any atom is -0.507 e. The topological polar surface area (TPSA) is 85.2 Å². The van der Waals surface area contributed by atoms with Crippen molar-refractivity contribution in [3.63, 3.8) is 0 Å². The van der Waals surface area contributed by atoms with Crippen LogP contribution in [0.4, 0.5) is 13.2 Å². The van der Waals surface area contributed by atoms with Crippen LogP contribution in [-0.4, -0.2) is 15.2 Å². The minimum absolute atomic E-state index is 0.00190. The van der Waals surface area contributed by atoms with Crippen molar-refractivity contribution >= 4 is 0 Å². The van der Waals surface area contributed by atoms with E-state index < -0.39 is 23.5 Å². The molecule has 0 aliphatic carbocycles. The Hall–Kier alpha value is -2.09. The van der Waals surface area contributed by atoms with E-state index in [-0.39, 0.29) is 17.3 Å². The molecule has 1 aromatic carbocycles. The molecule has 0 aliphatic rings. The van der Waals surface area contributed by atoms with E-state index in [1.54, 1.807) is 0 Å². The third kappa shape index (κ3) is 3.33. The number of phenols is 1. The number of aromatic nitrogens is 2. The molecule has 2 aromatic rings. The summed E-state index contributed by atoms with van der Waals surface area (Å²) in [6.45, 7) is 1.94. The van der Waals surface area contributed by atoms with Gasteiger partial charge in [-0.1, -0.05) is 18.5 Å². The highest BCUT2D eigenvalue weighted by Crippen LogP contribution is 2.37. The number of hydrogen-bond donors (Lipinski definition) is 2. The molecule has 3 N–H and O–H groups in total. The summed E-state index contributed by atoms with van der Waals surface area (Å²) in [5.74, 6) is -0.673. The summed E-state index contributed by atoms with van der Waals surface area (Å²) in [5.41, 5.74) is 4.75. The smallest absolute Gasteiger partial charge is 0.419 e. The second kappa shape index (κ2) is 5.72. The lowest BCUT2D eigenvalue weighted by Crippen LogP contribution is -2.10. The van der Waals surface area contributed by atoms with Crippen LogP contribution in [0.15, 0.2) is 22.7 Å². The van der Waals surface area contributed by atoms with Crippen LogP contribution < -0.4 is 5.73 Å². The van der Waals surface area contributed by atoms with Gasteiger partial charge in [0.1, 0.15) is 5.75 Å². The molecule has 5 nitrogen and oxygen atoms in total. The summed E-state index contributed by atoms with van der Waals surface area (Å²) in [7, 11) is 0. The number of aromatic hydroxyl groups is 1. The third-order valence-corrected chi connectivity index (χ3v) is 2.92. The van der Waals surface area contributed by atoms with Crippen molar-refractivity contribution in [1.82, 2.24) is 10.1 Å². The molecule has 0 radical (unpaired) electrons. The van der Waals surface area contributed by atoms with Crippen LogP contribution in [0.2, 0.25) is 0 Å². The van der Waals surface area contributed by atoms with Crippen molar-refractivity contribution in [2.45, 2.75) is 32.0 Å². The maximum Gasteiger partial charge on any atom is 0.419 e. The highest BCUT2D eigenvalue weighted by Gasteiger charge is 2.34. The van der Waals surface area contributed by atoms with Gasteiger partial charge in [0, 0.05) is 5.56 Å². The first-order chi connectivity index (χ1) is 9.82. The molecule has 0 bridgehead atoms. The van der Waals surface area contributed by atoms with E-state index >= 15 is 0 Å². The summed E-state index contributed by atoms with van der Waals surface area (Å²) in [4.78, 5) is 4.00. The molecule has 21 heavy (non-hydrogen) atoms. The largest absolute Gasteiger partial charge is 0.507 e. The van der Waals surface area contributed by atoms with Gasteiger partial charge in [-0.25, -0.2) is 0 Å². The van der Waals surface area contributed by atoms with E-state index in [0.29, 0.717) is 6.42 Å². The zero-order valence-corrected chi connectivity index (χ0v) is 11.2. The Kier molecular flexibility index (Phi) is 4.17. The lowest BCUT2D eigenvalue weighted by molar-refractivity contribution is -0.138. The molecular formula is C13H14F3N3O2. The average Bonchev–Trinajstić information content (AvgIpc) is 2.88. The van der Waals surface area contributed by atoms with E-state index in [1.807, 2.05) is 6.92 Å². The fourth-order valence-electron chi connectivity index (χ4n) is 1.84. The molecule has 1 heterocycles. The van der Waals surface area contributed by atoms with Gasteiger partial charge in [-0.15, -0.1) is 0 Å². The summed E-state index contributed by atoms with van der Waals surface area (Å²) in [6, 6.07) is 2.55. The predicted molar refractivity (Wildman–Crippen MR) is 68.2 cm³/mol. The van der Waals surface area contributed by atoms with Gasteiger partial charge < -0.3 is 15.4 Å². The predicted octanol–water partition coefficient (Wildman–Crippen LogP) is 3.26. The van der Waals surface area contributed by atoms with E-state index in [4.69, 9.17) is 10.3 Å². The lowest BCUT2D eigenvalue weighted by atomic mass is 10.1. The zero-order valence-electron chi connectivity index (χ0n) is 11.2. The molecule has 114 valence electrons. The number of alkyl halides is 3. The SMILES string of the molecule is CCCC(N)c1nc(-c2ccc(O)c(C(F)(F)F)c2)no1. The van der Waals surface area contributed by atoms with Crippen LogP contribution in [0.25, 0.3) is 11.4 Å². The minimum atomic E-state index is -4.66. The fourth-order valence-corrected chi connectivity index (χ4v) is 1.84. The van der Waals surface area contributed by atoms with Crippen molar-refractivity contribution in [3.8, 4) is 17.1 Å². The van der Waals surface area contributed by atoms with Crippen LogP contribution in [-0.2, 0) is 6.18 Å². The molecule has 0 amide bonds. The normalized spacial score (nSPS) is 13.4. The van der Waals surface area contributed by atoms with Gasteiger partial charge in [-0.2, -0.15) is 18.2 Å². The van der Waals surface area contributed by atoms with Gasteiger partial charge in [-0.3, -0.25) is 0 Å². The first-order valence-corrected chi connectivity index (χ1v) is 6.32. The molecular weight excluding hydrogens is 287 g/mol. The molecule has 1 aromatic heterocycles. The van der Waals surface area contributed by atoms with Gasteiger partial charge in [-0.05, 0) is 24.6 Å². The van der Waals surface area contributed by atoms with Crippen molar-refractivity contribution in [2.75, 3.05) is 0 Å². The van der Waals surface area contributed by atoms with Crippen molar-refractivity contribution < 1.29 is 22.8 Å². The third-order valence-electron chi connectivity index (χ3n) is 2.92. The highest BCUT2D eigenvalue weighted by atomic mass is 19.4. The van der Waals surface area contributed by atoms with Crippen molar-refractivity contribution in [2.24, 2.45) is 5.73 Å². The Labute approximate surface area is 118 Å². The van der Waals surface area contributed by atoms with Gasteiger partial charge in [0.05, 0.1) is 11.6 Å². The molecule has 1 unspecified atom stereocenters. The summed E-state index contributed by atoms with van der Waals surface area (Å²) in [6.07, 6.45) is -3.22. The van der Waals surface area contributed by atoms with Gasteiger partial charge in [0.25, 0.3) is 0 Å². The number of phenolic OH excluding ortho intramolecular Hbond substituents is 1. The molecule has 8 heteroatoms. The maximum atomic E-state index is 12.7. The summed E-state index contributed by atoms with van der Waals surface area (Å²) < 4.78 is 43.2. The van der Waals surface area contributed by atoms with Crippen LogP contribution in [0.1, 0.15) is 37.3 Å². The van der Waals surface area contributed by atoms with Gasteiger partial charge in [0.15, 0.2) is 0 Å². The van der Waals surface area contributed by atoms with E-state index in [1.165, 1.54) is 6.07 Å². The Bertz CT molecular complexity index is 625. The molecule has 0 saturated heterocycles. The first-order valence-electron chi connectivity index (χ1n) is 6.32. The Morgan fingerprint density at radius 1 is 1.38 bits per heavy atom. The standard InChI is InChI=1S/C13H14F3N3O2/c1-2-3-9(17)12-18-11(19-21-12)7-4-5-10(20)8(6-7)13(14,15)16/h4-6,9,20H,2-3,17H2,1H3. The number of rotatable bonds is 4. The molecule has 1 atom stereocenters. The van der Waals surface area contributed by atoms with E-state index in [2.05, 4.69) is 10.1 Å². The van der Waals surface area contributed by atoms with Crippen LogP contribution >= 0.6 is 0 Å². The van der Waals surface area contributed by atoms with Crippen molar-refractivity contribution in [3.05, 3.63) is 29.7 Å². The number of halogens is 3. The molecule has 0 saturated carbocycles. The molecule has 0 spiro atoms. The monoisotopic (exact) mass is 301 g/mol. The van der Waals surface area contributed by atoms with E-state index in [9.17, 15) is 18.3 Å². The van der Waals surface area contributed by atoms with Crippen molar-refractivity contribution in [1.29, 1.82) is 0 Å². The number of nitrogens with zero attached hydrogens (tertiary/aromatic N) is 2. The van der Waals surface area contributed by atoms with Gasteiger partial charge >= 0.3 is 6.18 Å². The van der Waals surface area contributed by atoms with Crippen LogP contribution in [0.3, 0.4) is 0 Å². The maximum absolute atomic E-state index is 12.7. The Morgan fingerprint density at radius 3 is 2.71 bits per heavy atom. The number of benzene rings is 1. The Morgan fingerprint density at radius 2 is 2.10 bits per heavy atom. The van der Waals surface area contributed by atoms with Gasteiger partial charge in [0.2, 0.25) is 11.7 Å². The van der Waals surface area contributed by atoms with Crippen LogP contribution in [0, 0.1) is 0 Å². The molecule has 0 fully saturated rings. The fraction of sp³-hybridized carbons (Fsp3) is 0.385.